The molecular formula is C13H16OS. The molecule has 1 aliphatic carbocycles. The van der Waals surface area contributed by atoms with Crippen molar-refractivity contribution < 1.29 is 5.11 Å². The van der Waals surface area contributed by atoms with Gasteiger partial charge in [-0.15, -0.1) is 11.8 Å². The third-order valence-electron chi connectivity index (χ3n) is 3.36. The highest BCUT2D eigenvalue weighted by molar-refractivity contribution is 7.99. The lowest BCUT2D eigenvalue weighted by atomic mass is 10.0. The summed E-state index contributed by atoms with van der Waals surface area (Å²) in [5.74, 6) is 1.24. The number of rotatable bonds is 2. The molecule has 0 bridgehead atoms. The van der Waals surface area contributed by atoms with Crippen LogP contribution in [-0.4, -0.2) is 16.5 Å². The van der Waals surface area contributed by atoms with Gasteiger partial charge in [0.05, 0.1) is 5.60 Å². The van der Waals surface area contributed by atoms with E-state index in [0.29, 0.717) is 0 Å². The minimum absolute atomic E-state index is 0.354. The van der Waals surface area contributed by atoms with E-state index in [-0.39, 0.29) is 5.60 Å². The van der Waals surface area contributed by atoms with Crippen LogP contribution < -0.4 is 0 Å². The highest BCUT2D eigenvalue weighted by atomic mass is 32.2. The van der Waals surface area contributed by atoms with Crippen LogP contribution >= 0.6 is 11.8 Å². The number of aliphatic hydroxyl groups is 1. The molecule has 1 aromatic carbocycles. The van der Waals surface area contributed by atoms with Crippen LogP contribution in [0.4, 0.5) is 0 Å². The van der Waals surface area contributed by atoms with E-state index in [4.69, 9.17) is 0 Å². The molecule has 1 aromatic rings. The second-order valence-electron chi connectivity index (χ2n) is 4.76. The predicted octanol–water partition coefficient (Wildman–Crippen LogP) is 2.79. The van der Waals surface area contributed by atoms with Crippen LogP contribution in [0, 0.1) is 0 Å². The summed E-state index contributed by atoms with van der Waals surface area (Å²) >= 11 is 1.97. The van der Waals surface area contributed by atoms with Crippen molar-refractivity contribution in [1.29, 1.82) is 0 Å². The highest BCUT2D eigenvalue weighted by Crippen LogP contribution is 2.42. The Labute approximate surface area is 94.9 Å². The third kappa shape index (κ3) is 1.93. The normalized spacial score (nSPS) is 22.2. The zero-order valence-electron chi connectivity index (χ0n) is 8.83. The molecule has 0 aromatic heterocycles. The van der Waals surface area contributed by atoms with Gasteiger partial charge in [-0.2, -0.15) is 0 Å². The Balaban J connectivity index is 1.92. The molecule has 80 valence electrons. The fraction of sp³-hybridized carbons (Fsp3) is 0.538. The molecule has 2 heteroatoms. The highest BCUT2D eigenvalue weighted by Gasteiger charge is 2.40. The van der Waals surface area contributed by atoms with Crippen molar-refractivity contribution in [3.05, 3.63) is 29.3 Å². The quantitative estimate of drug-likeness (QED) is 0.827. The second kappa shape index (κ2) is 3.53. The SMILES string of the molecule is OC1(Cc2cccc3c2SCCC3)CC1. The minimum Gasteiger partial charge on any atom is -0.390 e. The Kier molecular flexibility index (Phi) is 2.29. The molecule has 2 aliphatic rings. The molecule has 15 heavy (non-hydrogen) atoms. The van der Waals surface area contributed by atoms with E-state index in [1.165, 1.54) is 34.6 Å². The largest absolute Gasteiger partial charge is 0.390 e. The van der Waals surface area contributed by atoms with E-state index < -0.39 is 0 Å². The van der Waals surface area contributed by atoms with Gasteiger partial charge in [-0.3, -0.25) is 0 Å². The first-order chi connectivity index (χ1) is 7.27. The molecule has 0 atom stereocenters. The number of fused-ring (bicyclic) bond motifs is 1. The lowest BCUT2D eigenvalue weighted by molar-refractivity contribution is 0.150. The van der Waals surface area contributed by atoms with E-state index in [2.05, 4.69) is 18.2 Å². The Hall–Kier alpha value is -0.470. The molecule has 1 N–H and O–H groups in total. The Morgan fingerprint density at radius 1 is 1.33 bits per heavy atom. The first kappa shape index (κ1) is 9.73. The number of thioether (sulfide) groups is 1. The van der Waals surface area contributed by atoms with Gasteiger partial charge in [0, 0.05) is 11.3 Å². The van der Waals surface area contributed by atoms with Gasteiger partial charge in [0.1, 0.15) is 0 Å². The van der Waals surface area contributed by atoms with Crippen molar-refractivity contribution >= 4 is 11.8 Å². The van der Waals surface area contributed by atoms with Crippen LogP contribution in [0.25, 0.3) is 0 Å². The Morgan fingerprint density at radius 2 is 2.20 bits per heavy atom. The van der Waals surface area contributed by atoms with Crippen molar-refractivity contribution in [3.63, 3.8) is 0 Å². The zero-order chi connectivity index (χ0) is 10.3. The van der Waals surface area contributed by atoms with Crippen molar-refractivity contribution in [1.82, 2.24) is 0 Å². The number of aryl methyl sites for hydroxylation is 1. The van der Waals surface area contributed by atoms with E-state index in [9.17, 15) is 5.11 Å². The Morgan fingerprint density at radius 3 is 3.00 bits per heavy atom. The molecule has 1 nitrogen and oxygen atoms in total. The van der Waals surface area contributed by atoms with Gasteiger partial charge < -0.3 is 5.11 Å². The number of benzene rings is 1. The van der Waals surface area contributed by atoms with E-state index in [1.54, 1.807) is 0 Å². The lowest BCUT2D eigenvalue weighted by Crippen LogP contribution is -2.13. The molecule has 0 unspecified atom stereocenters. The monoisotopic (exact) mass is 220 g/mol. The third-order valence-corrected chi connectivity index (χ3v) is 4.67. The Bertz CT molecular complexity index is 382. The first-order valence-corrected chi connectivity index (χ1v) is 6.71. The average molecular weight is 220 g/mol. The van der Waals surface area contributed by atoms with E-state index >= 15 is 0 Å². The van der Waals surface area contributed by atoms with Crippen molar-refractivity contribution in [2.24, 2.45) is 0 Å². The van der Waals surface area contributed by atoms with Crippen molar-refractivity contribution in [3.8, 4) is 0 Å². The summed E-state index contributed by atoms with van der Waals surface area (Å²) in [6, 6.07) is 6.57. The molecular weight excluding hydrogens is 204 g/mol. The smallest absolute Gasteiger partial charge is 0.0690 e. The van der Waals surface area contributed by atoms with Gasteiger partial charge in [0.15, 0.2) is 0 Å². The molecule has 1 fully saturated rings. The van der Waals surface area contributed by atoms with Gasteiger partial charge >= 0.3 is 0 Å². The van der Waals surface area contributed by atoms with Crippen molar-refractivity contribution in [2.45, 2.75) is 42.6 Å². The molecule has 0 amide bonds. The molecule has 1 heterocycles. The summed E-state index contributed by atoms with van der Waals surface area (Å²) in [5.41, 5.74) is 2.51. The summed E-state index contributed by atoms with van der Waals surface area (Å²) in [6.07, 6.45) is 5.35. The van der Waals surface area contributed by atoms with E-state index in [1.807, 2.05) is 11.8 Å². The van der Waals surface area contributed by atoms with Crippen LogP contribution in [0.15, 0.2) is 23.1 Å². The molecule has 0 saturated heterocycles. The van der Waals surface area contributed by atoms with Crippen LogP contribution in [0.5, 0.6) is 0 Å². The molecule has 3 rings (SSSR count). The first-order valence-electron chi connectivity index (χ1n) is 5.73. The van der Waals surface area contributed by atoms with Crippen LogP contribution in [0.3, 0.4) is 0 Å². The minimum atomic E-state index is -0.354. The molecule has 0 spiro atoms. The van der Waals surface area contributed by atoms with Crippen LogP contribution in [-0.2, 0) is 12.8 Å². The standard InChI is InChI=1S/C13H16OS/c14-13(6-7-13)9-11-4-1-3-10-5-2-8-15-12(10)11/h1,3-4,14H,2,5-9H2. The topological polar surface area (TPSA) is 20.2 Å². The van der Waals surface area contributed by atoms with Crippen LogP contribution in [0.1, 0.15) is 30.4 Å². The predicted molar refractivity (Wildman–Crippen MR) is 63.4 cm³/mol. The zero-order valence-corrected chi connectivity index (χ0v) is 9.65. The molecule has 1 saturated carbocycles. The second-order valence-corrected chi connectivity index (χ2v) is 5.86. The maximum absolute atomic E-state index is 9.97. The number of hydrogen-bond donors (Lipinski definition) is 1. The van der Waals surface area contributed by atoms with Gasteiger partial charge in [-0.1, -0.05) is 18.2 Å². The maximum atomic E-state index is 9.97. The number of hydrogen-bond acceptors (Lipinski definition) is 2. The summed E-state index contributed by atoms with van der Waals surface area (Å²) < 4.78 is 0. The fourth-order valence-corrected chi connectivity index (χ4v) is 3.45. The fourth-order valence-electron chi connectivity index (χ4n) is 2.27. The molecule has 0 radical (unpaired) electrons. The van der Waals surface area contributed by atoms with Crippen molar-refractivity contribution in [2.75, 3.05) is 5.75 Å². The van der Waals surface area contributed by atoms with Gasteiger partial charge in [-0.25, -0.2) is 0 Å². The summed E-state index contributed by atoms with van der Waals surface area (Å²) in [6.45, 7) is 0. The summed E-state index contributed by atoms with van der Waals surface area (Å²) in [5, 5.41) is 9.97. The average Bonchev–Trinajstić information content (AvgIpc) is 2.97. The summed E-state index contributed by atoms with van der Waals surface area (Å²) in [4.78, 5) is 1.46. The van der Waals surface area contributed by atoms with Crippen LogP contribution in [0.2, 0.25) is 0 Å². The lowest BCUT2D eigenvalue weighted by Gasteiger charge is -2.20. The van der Waals surface area contributed by atoms with E-state index in [0.717, 1.165) is 19.3 Å². The van der Waals surface area contributed by atoms with Gasteiger partial charge in [0.2, 0.25) is 0 Å². The summed E-state index contributed by atoms with van der Waals surface area (Å²) in [7, 11) is 0. The maximum Gasteiger partial charge on any atom is 0.0690 e. The van der Waals surface area contributed by atoms with Gasteiger partial charge in [-0.05, 0) is 42.6 Å². The molecule has 1 aliphatic heterocycles. The van der Waals surface area contributed by atoms with Gasteiger partial charge in [0.25, 0.3) is 0 Å².